The van der Waals surface area contributed by atoms with Gasteiger partial charge in [0.25, 0.3) is 0 Å². The van der Waals surface area contributed by atoms with Gasteiger partial charge in [-0.3, -0.25) is 0 Å². The molecule has 6 heteroatoms. The topological polar surface area (TPSA) is 81.3 Å². The Bertz CT molecular complexity index is 616. The molecule has 0 amide bonds. The summed E-state index contributed by atoms with van der Waals surface area (Å²) in [6, 6.07) is 9.36. The molecule has 0 saturated carbocycles. The summed E-state index contributed by atoms with van der Waals surface area (Å²) in [6.07, 6.45) is 1.53. The van der Waals surface area contributed by atoms with Gasteiger partial charge in [0.05, 0.1) is 7.11 Å². The molecule has 2 aromatic rings. The number of anilines is 2. The van der Waals surface area contributed by atoms with E-state index in [9.17, 15) is 4.79 Å². The third kappa shape index (κ3) is 3.23. The lowest BCUT2D eigenvalue weighted by Crippen LogP contribution is -2.19. The number of nitrogen functional groups attached to an aromatic ring is 1. The zero-order valence-corrected chi connectivity index (χ0v) is 11.4. The highest BCUT2D eigenvalue weighted by Gasteiger charge is 2.11. The molecule has 1 aromatic carbocycles. The van der Waals surface area contributed by atoms with Gasteiger partial charge < -0.3 is 15.4 Å². The van der Waals surface area contributed by atoms with E-state index in [1.807, 2.05) is 36.2 Å². The van der Waals surface area contributed by atoms with Crippen molar-refractivity contribution in [2.45, 2.75) is 6.54 Å². The highest BCUT2D eigenvalue weighted by atomic mass is 16.5. The third-order valence-electron chi connectivity index (χ3n) is 2.77. The van der Waals surface area contributed by atoms with Crippen molar-refractivity contribution >= 4 is 17.5 Å². The molecule has 2 N–H and O–H groups in total. The Morgan fingerprint density at radius 3 is 2.90 bits per heavy atom. The third-order valence-corrected chi connectivity index (χ3v) is 2.77. The van der Waals surface area contributed by atoms with E-state index in [0.29, 0.717) is 18.1 Å². The van der Waals surface area contributed by atoms with Crippen molar-refractivity contribution < 1.29 is 9.53 Å². The van der Waals surface area contributed by atoms with Crippen LogP contribution in [-0.4, -0.2) is 30.1 Å². The molecule has 0 aliphatic rings. The van der Waals surface area contributed by atoms with E-state index < -0.39 is 5.97 Å². The lowest BCUT2D eigenvalue weighted by molar-refractivity contribution is 0.0587. The number of hydrogen-bond donors (Lipinski definition) is 1. The van der Waals surface area contributed by atoms with Crippen LogP contribution in [0.15, 0.2) is 36.5 Å². The zero-order valence-electron chi connectivity index (χ0n) is 11.4. The number of ether oxygens (including phenoxy) is 1. The standard InChI is InChI=1S/C14H16N4O2/c1-18(9-10-4-3-5-11(15)8-10)12-6-7-16-13(17-12)14(19)20-2/h3-8H,9,15H2,1-2H3. The number of esters is 1. The van der Waals surface area contributed by atoms with E-state index in [1.165, 1.54) is 13.3 Å². The van der Waals surface area contributed by atoms with E-state index in [4.69, 9.17) is 5.73 Å². The summed E-state index contributed by atoms with van der Waals surface area (Å²) < 4.78 is 4.61. The minimum absolute atomic E-state index is 0.0458. The molecule has 0 aliphatic heterocycles. The molecule has 0 bridgehead atoms. The van der Waals surface area contributed by atoms with E-state index in [2.05, 4.69) is 14.7 Å². The Morgan fingerprint density at radius 2 is 2.20 bits per heavy atom. The van der Waals surface area contributed by atoms with Crippen molar-refractivity contribution in [3.63, 3.8) is 0 Å². The Hall–Kier alpha value is -2.63. The maximum absolute atomic E-state index is 11.4. The molecule has 2 rings (SSSR count). The minimum Gasteiger partial charge on any atom is -0.463 e. The molecule has 1 aromatic heterocycles. The van der Waals surface area contributed by atoms with Gasteiger partial charge in [-0.05, 0) is 23.8 Å². The molecular formula is C14H16N4O2. The van der Waals surface area contributed by atoms with Gasteiger partial charge in [0, 0.05) is 25.5 Å². The van der Waals surface area contributed by atoms with Crippen molar-refractivity contribution in [3.8, 4) is 0 Å². The lowest BCUT2D eigenvalue weighted by atomic mass is 10.2. The predicted octanol–water partition coefficient (Wildman–Crippen LogP) is 1.48. The zero-order chi connectivity index (χ0) is 14.5. The smallest absolute Gasteiger partial charge is 0.376 e. The summed E-state index contributed by atoms with van der Waals surface area (Å²) in [5.74, 6) is 0.136. The number of carbonyl (C=O) groups is 1. The Morgan fingerprint density at radius 1 is 1.40 bits per heavy atom. The molecule has 0 radical (unpaired) electrons. The second kappa shape index (κ2) is 6.01. The summed E-state index contributed by atoms with van der Waals surface area (Å²) in [6.45, 7) is 0.628. The van der Waals surface area contributed by atoms with Crippen molar-refractivity contribution in [3.05, 3.63) is 47.9 Å². The van der Waals surface area contributed by atoms with Crippen LogP contribution in [-0.2, 0) is 11.3 Å². The molecule has 6 nitrogen and oxygen atoms in total. The van der Waals surface area contributed by atoms with E-state index in [1.54, 1.807) is 6.07 Å². The molecule has 0 unspecified atom stereocenters. The first-order chi connectivity index (χ1) is 9.60. The van der Waals surface area contributed by atoms with Crippen LogP contribution in [0.25, 0.3) is 0 Å². The summed E-state index contributed by atoms with van der Waals surface area (Å²) in [4.78, 5) is 21.4. The van der Waals surface area contributed by atoms with Gasteiger partial charge >= 0.3 is 5.97 Å². The van der Waals surface area contributed by atoms with Crippen LogP contribution in [0.1, 0.15) is 16.2 Å². The van der Waals surface area contributed by atoms with Gasteiger partial charge in [-0.1, -0.05) is 12.1 Å². The molecular weight excluding hydrogens is 256 g/mol. The van der Waals surface area contributed by atoms with Crippen LogP contribution in [0.4, 0.5) is 11.5 Å². The molecule has 20 heavy (non-hydrogen) atoms. The molecule has 0 fully saturated rings. The maximum Gasteiger partial charge on any atom is 0.376 e. The Balaban J connectivity index is 2.17. The van der Waals surface area contributed by atoms with Gasteiger partial charge in [-0.2, -0.15) is 0 Å². The van der Waals surface area contributed by atoms with Crippen LogP contribution in [0.3, 0.4) is 0 Å². The number of aromatic nitrogens is 2. The second-order valence-electron chi connectivity index (χ2n) is 4.33. The number of nitrogens with zero attached hydrogens (tertiary/aromatic N) is 3. The fraction of sp³-hybridized carbons (Fsp3) is 0.214. The van der Waals surface area contributed by atoms with Gasteiger partial charge in [0.1, 0.15) is 5.82 Å². The highest BCUT2D eigenvalue weighted by molar-refractivity contribution is 5.85. The van der Waals surface area contributed by atoms with Gasteiger partial charge in [0.2, 0.25) is 5.82 Å². The average molecular weight is 272 g/mol. The normalized spacial score (nSPS) is 10.1. The van der Waals surface area contributed by atoms with Crippen molar-refractivity contribution in [2.24, 2.45) is 0 Å². The molecule has 0 spiro atoms. The Labute approximate surface area is 117 Å². The second-order valence-corrected chi connectivity index (χ2v) is 4.33. The van der Waals surface area contributed by atoms with Gasteiger partial charge in [0.15, 0.2) is 0 Å². The molecule has 104 valence electrons. The van der Waals surface area contributed by atoms with Crippen LogP contribution in [0.5, 0.6) is 0 Å². The number of hydrogen-bond acceptors (Lipinski definition) is 6. The van der Waals surface area contributed by atoms with Crippen LogP contribution >= 0.6 is 0 Å². The number of rotatable bonds is 4. The monoisotopic (exact) mass is 272 g/mol. The average Bonchev–Trinajstić information content (AvgIpc) is 2.46. The number of carbonyl (C=O) groups excluding carboxylic acids is 1. The Kier molecular flexibility index (Phi) is 4.14. The number of benzene rings is 1. The first-order valence-corrected chi connectivity index (χ1v) is 6.07. The SMILES string of the molecule is COC(=O)c1nccc(N(C)Cc2cccc(N)c2)n1. The number of nitrogens with two attached hydrogens (primary N) is 1. The molecule has 0 atom stereocenters. The largest absolute Gasteiger partial charge is 0.463 e. The van der Waals surface area contributed by atoms with Gasteiger partial charge in [-0.15, -0.1) is 0 Å². The van der Waals surface area contributed by atoms with Crippen LogP contribution in [0, 0.1) is 0 Å². The van der Waals surface area contributed by atoms with Crippen molar-refractivity contribution in [2.75, 3.05) is 24.8 Å². The van der Waals surface area contributed by atoms with Crippen LogP contribution in [0.2, 0.25) is 0 Å². The number of methoxy groups -OCH3 is 1. The summed E-state index contributed by atoms with van der Waals surface area (Å²) in [7, 11) is 3.18. The highest BCUT2D eigenvalue weighted by Crippen LogP contribution is 2.14. The minimum atomic E-state index is -0.552. The fourth-order valence-corrected chi connectivity index (χ4v) is 1.80. The first-order valence-electron chi connectivity index (χ1n) is 6.07. The van der Waals surface area contributed by atoms with Crippen molar-refractivity contribution in [1.29, 1.82) is 0 Å². The lowest BCUT2D eigenvalue weighted by Gasteiger charge is -2.18. The summed E-state index contributed by atoms with van der Waals surface area (Å²) in [5, 5.41) is 0. The van der Waals surface area contributed by atoms with Crippen molar-refractivity contribution in [1.82, 2.24) is 9.97 Å². The molecule has 0 aliphatic carbocycles. The quantitative estimate of drug-likeness (QED) is 0.670. The van der Waals surface area contributed by atoms with Gasteiger partial charge in [-0.25, -0.2) is 14.8 Å². The fourth-order valence-electron chi connectivity index (χ4n) is 1.80. The van der Waals surface area contributed by atoms with E-state index in [-0.39, 0.29) is 5.82 Å². The molecule has 0 saturated heterocycles. The first kappa shape index (κ1) is 13.8. The van der Waals surface area contributed by atoms with E-state index >= 15 is 0 Å². The summed E-state index contributed by atoms with van der Waals surface area (Å²) in [5.41, 5.74) is 7.53. The summed E-state index contributed by atoms with van der Waals surface area (Å²) >= 11 is 0. The predicted molar refractivity (Wildman–Crippen MR) is 76.3 cm³/mol. The van der Waals surface area contributed by atoms with E-state index in [0.717, 1.165) is 5.56 Å². The maximum atomic E-state index is 11.4. The van der Waals surface area contributed by atoms with Crippen LogP contribution < -0.4 is 10.6 Å². The molecule has 1 heterocycles.